The number of pyridine rings is 2. The number of nitrogens with zero attached hydrogens (tertiary/aromatic N) is 4. The summed E-state index contributed by atoms with van der Waals surface area (Å²) in [5.41, 5.74) is 1.55. The van der Waals surface area contributed by atoms with Crippen molar-refractivity contribution in [1.82, 2.24) is 18.9 Å². The molecule has 2 atom stereocenters. The van der Waals surface area contributed by atoms with Crippen molar-refractivity contribution in [2.24, 2.45) is 11.8 Å². The Morgan fingerprint density at radius 1 is 0.735 bits per heavy atom. The first-order valence-corrected chi connectivity index (χ1v) is 16.4. The van der Waals surface area contributed by atoms with Gasteiger partial charge in [-0.1, -0.05) is 39.8 Å². The van der Waals surface area contributed by atoms with Gasteiger partial charge in [0.05, 0.1) is 33.0 Å². The van der Waals surface area contributed by atoms with Crippen molar-refractivity contribution in [3.63, 3.8) is 0 Å². The maximum absolute atomic E-state index is 12.3. The van der Waals surface area contributed by atoms with Crippen LogP contribution in [0.4, 0.5) is 0 Å². The second-order valence-electron chi connectivity index (χ2n) is 12.7. The van der Waals surface area contributed by atoms with Crippen LogP contribution in [-0.4, -0.2) is 106 Å². The molecule has 2 aromatic heterocycles. The summed E-state index contributed by atoms with van der Waals surface area (Å²) in [6, 6.07) is 5.25. The van der Waals surface area contributed by atoms with Gasteiger partial charge in [-0.2, -0.15) is 0 Å². The molecule has 0 aliphatic carbocycles. The third kappa shape index (κ3) is 15.3. The second kappa shape index (κ2) is 23.6. The number of carboxylic acid groups (broad SMARTS) is 1. The normalized spacial score (nSPS) is 16.2. The molecule has 14 nitrogen and oxygen atoms in total. The van der Waals surface area contributed by atoms with Crippen molar-refractivity contribution in [3.8, 4) is 0 Å². The third-order valence-electron chi connectivity index (χ3n) is 7.92. The predicted octanol–water partition coefficient (Wildman–Crippen LogP) is -0.166. The maximum atomic E-state index is 12.3. The van der Waals surface area contributed by atoms with Gasteiger partial charge in [0.15, 0.2) is 0 Å². The van der Waals surface area contributed by atoms with E-state index in [1.165, 1.54) is 15.2 Å². The number of ether oxygens (including phenoxy) is 3. The number of aromatic nitrogens is 2. The van der Waals surface area contributed by atoms with E-state index >= 15 is 0 Å². The zero-order valence-electron chi connectivity index (χ0n) is 30.0. The first kappa shape index (κ1) is 46.2. The summed E-state index contributed by atoms with van der Waals surface area (Å²) in [7, 11) is 0. The first-order chi connectivity index (χ1) is 22.0. The Balaban J connectivity index is 0.000000889. The molecule has 0 spiro atoms. The van der Waals surface area contributed by atoms with E-state index in [9.17, 15) is 24.3 Å². The first-order valence-electron chi connectivity index (χ1n) is 16.4. The Morgan fingerprint density at radius 2 is 1.12 bits per heavy atom. The molecule has 3 N–H and O–H groups in total. The minimum Gasteiger partial charge on any atom is -0.870 e. The standard InChI is InChI=1S/C18H28N2O4.C16H24N2O4.Li.2H2O/c1-4-24-18(22)16(11-14(2)3)20-13-15(5-6-17(20)21)12-19-7-9-23-10-8-19;1-12(2)9-14(16(20)21)18-11-13(3-4-15(18)19)10-17-5-7-22-8-6-17;;;/h5-6,13-14,16H,4,7-12H2,1-3H3;3-4,11-12,14H,5-10H2,1-2H3,(H,20,21);;2*1H2/q;;+1;;/p-2. The molecule has 4 heterocycles. The van der Waals surface area contributed by atoms with Gasteiger partial charge < -0.3 is 39.4 Å². The Bertz CT molecular complexity index is 1370. The van der Waals surface area contributed by atoms with E-state index in [1.54, 1.807) is 25.3 Å². The quantitative estimate of drug-likeness (QED) is 0.217. The molecule has 2 fully saturated rings. The summed E-state index contributed by atoms with van der Waals surface area (Å²) >= 11 is 0. The van der Waals surface area contributed by atoms with E-state index in [1.807, 2.05) is 40.0 Å². The Hall–Kier alpha value is -2.80. The fourth-order valence-corrected chi connectivity index (χ4v) is 5.60. The number of esters is 1. The van der Waals surface area contributed by atoms with Crippen LogP contribution in [-0.2, 0) is 36.9 Å². The summed E-state index contributed by atoms with van der Waals surface area (Å²) in [5.74, 6) is -0.804. The minimum absolute atomic E-state index is 0. The van der Waals surface area contributed by atoms with Gasteiger partial charge in [-0.05, 0) is 42.7 Å². The number of hydrogen-bond acceptors (Lipinski definition) is 11. The molecule has 2 aliphatic heterocycles. The number of hydrogen-bond donors (Lipinski definition) is 1. The van der Waals surface area contributed by atoms with Crippen LogP contribution in [0.25, 0.3) is 0 Å². The molecule has 0 radical (unpaired) electrons. The van der Waals surface area contributed by atoms with Crippen molar-refractivity contribution in [2.45, 2.75) is 72.6 Å². The number of morpholine rings is 2. The predicted molar refractivity (Wildman–Crippen MR) is 179 cm³/mol. The van der Waals surface area contributed by atoms with E-state index < -0.39 is 18.1 Å². The maximum Gasteiger partial charge on any atom is 1.00 e. The van der Waals surface area contributed by atoms with Gasteiger partial charge in [-0.3, -0.25) is 19.4 Å². The summed E-state index contributed by atoms with van der Waals surface area (Å²) in [6.07, 6.45) is 4.52. The van der Waals surface area contributed by atoms with Gasteiger partial charge in [0.25, 0.3) is 11.1 Å². The van der Waals surface area contributed by atoms with Crippen LogP contribution >= 0.6 is 0 Å². The number of carboxylic acids is 1. The fraction of sp³-hybridized carbons (Fsp3) is 0.647. The summed E-state index contributed by atoms with van der Waals surface area (Å²) in [6.45, 7) is 17.9. The molecule has 2 aromatic rings. The van der Waals surface area contributed by atoms with Crippen LogP contribution in [0.15, 0.2) is 46.2 Å². The zero-order chi connectivity index (χ0) is 33.6. The van der Waals surface area contributed by atoms with Gasteiger partial charge in [-0.25, -0.2) is 9.59 Å². The Morgan fingerprint density at radius 3 is 1.49 bits per heavy atom. The molecule has 0 aromatic carbocycles. The summed E-state index contributed by atoms with van der Waals surface area (Å²) in [5, 5.41) is 9.43. The third-order valence-corrected chi connectivity index (χ3v) is 7.92. The van der Waals surface area contributed by atoms with Crippen molar-refractivity contribution >= 4 is 11.9 Å². The molecule has 15 heteroatoms. The number of carbonyl (C=O) groups is 2. The van der Waals surface area contributed by atoms with Crippen LogP contribution in [0.5, 0.6) is 0 Å². The minimum atomic E-state index is -0.959. The molecule has 0 saturated carbocycles. The van der Waals surface area contributed by atoms with Crippen LogP contribution in [0.2, 0.25) is 0 Å². The molecule has 2 unspecified atom stereocenters. The molecular formula is C34H54LiN4O10-. The van der Waals surface area contributed by atoms with Crippen molar-refractivity contribution in [2.75, 3.05) is 59.2 Å². The van der Waals surface area contributed by atoms with Crippen LogP contribution < -0.4 is 30.0 Å². The summed E-state index contributed by atoms with van der Waals surface area (Å²) in [4.78, 5) is 52.7. The summed E-state index contributed by atoms with van der Waals surface area (Å²) < 4.78 is 18.8. The smallest absolute Gasteiger partial charge is 0.870 e. The molecule has 2 saturated heterocycles. The van der Waals surface area contributed by atoms with Gasteiger partial charge in [-0.15, -0.1) is 0 Å². The average Bonchev–Trinajstić information content (AvgIpc) is 3.02. The molecule has 2 aliphatic rings. The van der Waals surface area contributed by atoms with Gasteiger partial charge in [0, 0.05) is 63.8 Å². The second-order valence-corrected chi connectivity index (χ2v) is 12.7. The van der Waals surface area contributed by atoms with Crippen molar-refractivity contribution < 1.29 is 58.7 Å². The SMILES string of the molecule is CC(C)CC(C(=O)O)n1cc(CN2CCOCC2)ccc1=O.CCOC(=O)C(CC(C)C)n1cc(CN2CCOCC2)ccc1=O.[Li+].[OH-].[OH-]. The molecule has 49 heavy (non-hydrogen) atoms. The topological polar surface area (TPSA) is 193 Å². The van der Waals surface area contributed by atoms with Crippen molar-refractivity contribution in [1.29, 1.82) is 0 Å². The Labute approximate surface area is 301 Å². The van der Waals surface area contributed by atoms with E-state index in [4.69, 9.17) is 14.2 Å². The van der Waals surface area contributed by atoms with E-state index in [0.717, 1.165) is 57.1 Å². The van der Waals surface area contributed by atoms with E-state index in [-0.39, 0.29) is 58.7 Å². The molecular weight excluding hydrogens is 631 g/mol. The van der Waals surface area contributed by atoms with Gasteiger partial charge in [0.1, 0.15) is 12.1 Å². The van der Waals surface area contributed by atoms with Gasteiger partial charge in [0.2, 0.25) is 0 Å². The molecule has 272 valence electrons. The van der Waals surface area contributed by atoms with E-state index in [2.05, 4.69) is 9.80 Å². The number of carbonyl (C=O) groups excluding carboxylic acids is 1. The number of aliphatic carboxylic acids is 1. The monoisotopic (exact) mass is 685 g/mol. The fourth-order valence-electron chi connectivity index (χ4n) is 5.60. The largest absolute Gasteiger partial charge is 1.00 e. The van der Waals surface area contributed by atoms with Crippen molar-refractivity contribution in [3.05, 3.63) is 68.5 Å². The zero-order valence-corrected chi connectivity index (χ0v) is 30.0. The molecule has 0 amide bonds. The van der Waals surface area contributed by atoms with E-state index in [0.29, 0.717) is 39.2 Å². The van der Waals surface area contributed by atoms with Crippen LogP contribution in [0.1, 0.15) is 70.7 Å². The molecule has 0 bridgehead atoms. The molecule has 4 rings (SSSR count). The number of rotatable bonds is 13. The average molecular weight is 686 g/mol. The van der Waals surface area contributed by atoms with Crippen LogP contribution in [0, 0.1) is 11.8 Å². The van der Waals surface area contributed by atoms with Crippen LogP contribution in [0.3, 0.4) is 0 Å². The Kier molecular flexibility index (Phi) is 22.2. The van der Waals surface area contributed by atoms with Gasteiger partial charge >= 0.3 is 30.8 Å².